The third-order valence-corrected chi connectivity index (χ3v) is 1.78. The Balaban J connectivity index is 2.19. The van der Waals surface area contributed by atoms with Crippen molar-refractivity contribution in [3.05, 3.63) is 0 Å². The highest BCUT2D eigenvalue weighted by Gasteiger charge is 2.33. The maximum atomic E-state index is 5.20. The summed E-state index contributed by atoms with van der Waals surface area (Å²) in [5.74, 6) is 1.14. The van der Waals surface area contributed by atoms with E-state index >= 15 is 0 Å². The van der Waals surface area contributed by atoms with Crippen molar-refractivity contribution >= 4 is 11.7 Å². The van der Waals surface area contributed by atoms with Gasteiger partial charge < -0.3 is 0 Å². The summed E-state index contributed by atoms with van der Waals surface area (Å²) in [6.07, 6.45) is 0. The Morgan fingerprint density at radius 2 is 1.21 bits per heavy atom. The molecule has 6 nitrogen and oxygen atoms in total. The van der Waals surface area contributed by atoms with Crippen LogP contribution >= 0.6 is 0 Å². The minimum absolute atomic E-state index is 0.549. The molecule has 0 saturated heterocycles. The van der Waals surface area contributed by atoms with Crippen LogP contribution in [0.1, 0.15) is 27.7 Å². The zero-order valence-corrected chi connectivity index (χ0v) is 8.71. The molecule has 0 unspecified atom stereocenters. The van der Waals surface area contributed by atoms with Crippen molar-refractivity contribution in [2.45, 2.75) is 39.1 Å². The maximum absolute atomic E-state index is 5.20. The number of nitrogens with zero attached hydrogens (tertiary/aromatic N) is 2. The zero-order valence-electron chi connectivity index (χ0n) is 8.71. The van der Waals surface area contributed by atoms with Gasteiger partial charge in [-0.15, -0.1) is 0 Å². The second-order valence-electron chi connectivity index (χ2n) is 4.22. The number of nitrogens with one attached hydrogen (secondary N) is 2. The van der Waals surface area contributed by atoms with Crippen LogP contribution in [0.25, 0.3) is 0 Å². The Morgan fingerprint density at radius 1 is 0.857 bits per heavy atom. The van der Waals surface area contributed by atoms with Gasteiger partial charge in [0.05, 0.1) is 0 Å². The van der Waals surface area contributed by atoms with Gasteiger partial charge in [-0.3, -0.25) is 0 Å². The normalized spacial score (nSPS) is 27.7. The molecule has 2 aliphatic heterocycles. The summed E-state index contributed by atoms with van der Waals surface area (Å²) in [5.41, 5.74) is 4.31. The number of hydrogen-bond acceptors (Lipinski definition) is 6. The molecule has 0 bridgehead atoms. The van der Waals surface area contributed by atoms with Crippen LogP contribution in [0.3, 0.4) is 0 Å². The molecule has 6 heteroatoms. The molecule has 2 heterocycles. The number of amidine groups is 2. The van der Waals surface area contributed by atoms with Crippen LogP contribution in [0, 0.1) is 0 Å². The van der Waals surface area contributed by atoms with E-state index < -0.39 is 11.4 Å². The molecule has 2 rings (SSSR count). The first-order valence-electron chi connectivity index (χ1n) is 4.46. The minimum atomic E-state index is -0.549. The molecule has 0 aromatic rings. The van der Waals surface area contributed by atoms with Gasteiger partial charge in [-0.2, -0.15) is 0 Å². The third-order valence-electron chi connectivity index (χ3n) is 1.78. The van der Waals surface area contributed by atoms with E-state index in [9.17, 15) is 0 Å². The topological polar surface area (TPSA) is 67.2 Å². The molecule has 2 N–H and O–H groups in total. The Morgan fingerprint density at radius 3 is 1.43 bits per heavy atom. The van der Waals surface area contributed by atoms with Gasteiger partial charge in [-0.1, -0.05) is 0 Å². The molecule has 0 amide bonds. The highest BCUT2D eigenvalue weighted by molar-refractivity contribution is 6.40. The molecule has 2 aliphatic rings. The van der Waals surface area contributed by atoms with Crippen molar-refractivity contribution in [1.29, 1.82) is 0 Å². The van der Waals surface area contributed by atoms with Crippen LogP contribution in [-0.4, -0.2) is 23.1 Å². The van der Waals surface area contributed by atoms with Crippen LogP contribution in [0.2, 0.25) is 0 Å². The number of hydrogen-bond donors (Lipinski definition) is 2. The van der Waals surface area contributed by atoms with Gasteiger partial charge in [0.15, 0.2) is 23.1 Å². The fraction of sp³-hybridized carbons (Fsp3) is 0.750. The average Bonchev–Trinajstić information content (AvgIpc) is 2.54. The third kappa shape index (κ3) is 1.71. The van der Waals surface area contributed by atoms with Crippen molar-refractivity contribution in [3.8, 4) is 0 Å². The van der Waals surface area contributed by atoms with Crippen molar-refractivity contribution in [1.82, 2.24) is 11.0 Å². The van der Waals surface area contributed by atoms with Gasteiger partial charge in [0.2, 0.25) is 0 Å². The van der Waals surface area contributed by atoms with Crippen LogP contribution in [-0.2, 0) is 9.68 Å². The molecule has 0 fully saturated rings. The first-order valence-corrected chi connectivity index (χ1v) is 4.46. The van der Waals surface area contributed by atoms with Crippen LogP contribution < -0.4 is 11.0 Å². The predicted octanol–water partition coefficient (Wildman–Crippen LogP) is 0.325. The highest BCUT2D eigenvalue weighted by atomic mass is 16.7. The predicted molar refractivity (Wildman–Crippen MR) is 51.5 cm³/mol. The molecular formula is C8H14N4O2. The largest absolute Gasteiger partial charge is 0.245 e. The molecule has 0 spiro atoms. The van der Waals surface area contributed by atoms with E-state index in [4.69, 9.17) is 9.68 Å². The molecule has 14 heavy (non-hydrogen) atoms. The molecule has 0 atom stereocenters. The van der Waals surface area contributed by atoms with Gasteiger partial charge >= 0.3 is 0 Å². The van der Waals surface area contributed by atoms with Gasteiger partial charge in [0.25, 0.3) is 0 Å². The Bertz CT molecular complexity index is 287. The lowest BCUT2D eigenvalue weighted by Gasteiger charge is -2.09. The first kappa shape index (κ1) is 9.42. The smallest absolute Gasteiger partial charge is 0.193 e. The second kappa shape index (κ2) is 2.68. The Hall–Kier alpha value is -1.14. The molecule has 0 aromatic carbocycles. The van der Waals surface area contributed by atoms with Crippen molar-refractivity contribution in [2.75, 3.05) is 0 Å². The molecule has 0 aromatic heterocycles. The summed E-state index contributed by atoms with van der Waals surface area (Å²) >= 11 is 0. The van der Waals surface area contributed by atoms with Gasteiger partial charge in [0.1, 0.15) is 0 Å². The molecule has 0 saturated carbocycles. The molecule has 78 valence electrons. The fourth-order valence-electron chi connectivity index (χ4n) is 1.18. The van der Waals surface area contributed by atoms with E-state index in [2.05, 4.69) is 20.9 Å². The molecule has 0 radical (unpaired) electrons. The first-order chi connectivity index (χ1) is 6.38. The summed E-state index contributed by atoms with van der Waals surface area (Å²) in [4.78, 5) is 19.0. The maximum Gasteiger partial charge on any atom is 0.193 e. The number of hydroxylamine groups is 2. The van der Waals surface area contributed by atoms with Gasteiger partial charge in [-0.25, -0.2) is 30.6 Å². The number of rotatable bonds is 1. The quantitative estimate of drug-likeness (QED) is 0.637. The SMILES string of the molecule is CC1(C)N=C(C2=NC(C)(C)ON2)NO1. The van der Waals surface area contributed by atoms with Crippen LogP contribution in [0.5, 0.6) is 0 Å². The molecular weight excluding hydrogens is 184 g/mol. The summed E-state index contributed by atoms with van der Waals surface area (Å²) in [6, 6.07) is 0. The second-order valence-corrected chi connectivity index (χ2v) is 4.22. The van der Waals surface area contributed by atoms with E-state index in [0.29, 0.717) is 11.7 Å². The van der Waals surface area contributed by atoms with Crippen molar-refractivity contribution < 1.29 is 9.68 Å². The fourth-order valence-corrected chi connectivity index (χ4v) is 1.18. The minimum Gasteiger partial charge on any atom is -0.245 e. The van der Waals surface area contributed by atoms with E-state index in [1.165, 1.54) is 0 Å². The lowest BCUT2D eigenvalue weighted by molar-refractivity contribution is -0.0292. The molecule has 0 aliphatic carbocycles. The average molecular weight is 198 g/mol. The zero-order chi connectivity index (χ0) is 10.4. The Kier molecular flexibility index (Phi) is 1.80. The van der Waals surface area contributed by atoms with E-state index in [1.54, 1.807) is 0 Å². The summed E-state index contributed by atoms with van der Waals surface area (Å²) in [6.45, 7) is 7.42. The summed E-state index contributed by atoms with van der Waals surface area (Å²) in [7, 11) is 0. The highest BCUT2D eigenvalue weighted by Crippen LogP contribution is 2.18. The lowest BCUT2D eigenvalue weighted by atomic mass is 10.3. The van der Waals surface area contributed by atoms with E-state index in [0.717, 1.165) is 0 Å². The number of aliphatic imine (C=N–C) groups is 2. The van der Waals surface area contributed by atoms with Crippen LogP contribution in [0.4, 0.5) is 0 Å². The monoisotopic (exact) mass is 198 g/mol. The summed E-state index contributed by atoms with van der Waals surface area (Å²) < 4.78 is 0. The summed E-state index contributed by atoms with van der Waals surface area (Å²) in [5, 5.41) is 0. The van der Waals surface area contributed by atoms with E-state index in [1.807, 2.05) is 27.7 Å². The lowest BCUT2D eigenvalue weighted by Crippen LogP contribution is -2.34. The Labute approximate surface area is 82.3 Å². The van der Waals surface area contributed by atoms with Gasteiger partial charge in [-0.05, 0) is 27.7 Å². The van der Waals surface area contributed by atoms with Crippen molar-refractivity contribution in [3.63, 3.8) is 0 Å². The van der Waals surface area contributed by atoms with Crippen molar-refractivity contribution in [2.24, 2.45) is 9.98 Å². The van der Waals surface area contributed by atoms with Crippen LogP contribution in [0.15, 0.2) is 9.98 Å². The standard InChI is InChI=1S/C8H14N4O2/c1-7(2)9-5(11-13-7)6-10-8(3,4)14-12-6/h1-4H3,(H,9,11)(H,10,12). The van der Waals surface area contributed by atoms with E-state index in [-0.39, 0.29) is 0 Å². The van der Waals surface area contributed by atoms with Gasteiger partial charge in [0, 0.05) is 0 Å².